The van der Waals surface area contributed by atoms with Gasteiger partial charge in [-0.2, -0.15) is 0 Å². The molecule has 0 saturated carbocycles. The van der Waals surface area contributed by atoms with E-state index in [0.717, 1.165) is 11.1 Å². The van der Waals surface area contributed by atoms with Gasteiger partial charge in [-0.3, -0.25) is 9.36 Å². The standard InChI is InChI=1S/C19H35O5PSi3/c1-26(2,3)22-19(20)18-16-13-11-10-12-15(16)14-17(18)25(21,23-27(4,5)6)24-28(7,8)9/h10-13,17-18H,14H2,1-9H3. The second kappa shape index (κ2) is 7.96. The summed E-state index contributed by atoms with van der Waals surface area (Å²) in [5, 5.41) is 0. The number of hydrogen-bond donors (Lipinski definition) is 0. The van der Waals surface area contributed by atoms with E-state index >= 15 is 0 Å². The molecule has 28 heavy (non-hydrogen) atoms. The van der Waals surface area contributed by atoms with Crippen molar-refractivity contribution in [2.24, 2.45) is 0 Å². The van der Waals surface area contributed by atoms with Gasteiger partial charge in [-0.05, 0) is 76.5 Å². The molecule has 0 spiro atoms. The van der Waals surface area contributed by atoms with Crippen LogP contribution in [-0.4, -0.2) is 36.6 Å². The first-order chi connectivity index (χ1) is 12.5. The Morgan fingerprint density at radius 1 is 0.893 bits per heavy atom. The SMILES string of the molecule is C[Si](C)(C)OC(=O)C1c2ccccc2CC1P(=O)(O[Si](C)(C)C)O[Si](C)(C)C. The Kier molecular flexibility index (Phi) is 6.76. The van der Waals surface area contributed by atoms with Crippen molar-refractivity contribution >= 4 is 38.5 Å². The van der Waals surface area contributed by atoms with Crippen LogP contribution in [0, 0.1) is 0 Å². The summed E-state index contributed by atoms with van der Waals surface area (Å²) in [6.07, 6.45) is 0.508. The maximum absolute atomic E-state index is 14.2. The van der Waals surface area contributed by atoms with Crippen LogP contribution in [0.3, 0.4) is 0 Å². The number of hydrogen-bond acceptors (Lipinski definition) is 5. The van der Waals surface area contributed by atoms with Gasteiger partial charge in [-0.1, -0.05) is 24.3 Å². The highest BCUT2D eigenvalue weighted by molar-refractivity contribution is 7.58. The molecule has 2 atom stereocenters. The topological polar surface area (TPSA) is 61.8 Å². The summed E-state index contributed by atoms with van der Waals surface area (Å²) in [6, 6.07) is 7.81. The first kappa shape index (κ1) is 23.8. The fraction of sp³-hybridized carbons (Fsp3) is 0.632. The minimum atomic E-state index is -3.53. The average molecular weight is 459 g/mol. The molecular formula is C19H35O5PSi3. The molecule has 2 unspecified atom stereocenters. The quantitative estimate of drug-likeness (QED) is 0.372. The van der Waals surface area contributed by atoms with E-state index in [1.54, 1.807) is 0 Å². The maximum Gasteiger partial charge on any atom is 0.316 e. The van der Waals surface area contributed by atoms with Gasteiger partial charge in [-0.15, -0.1) is 0 Å². The first-order valence-electron chi connectivity index (χ1n) is 9.83. The molecule has 1 aliphatic carbocycles. The summed E-state index contributed by atoms with van der Waals surface area (Å²) in [5.41, 5.74) is 1.39. The van der Waals surface area contributed by atoms with E-state index in [9.17, 15) is 9.36 Å². The van der Waals surface area contributed by atoms with Gasteiger partial charge >= 0.3 is 13.6 Å². The van der Waals surface area contributed by atoms with Crippen LogP contribution in [0.15, 0.2) is 24.3 Å². The molecule has 0 aromatic heterocycles. The Balaban J connectivity index is 2.54. The van der Waals surface area contributed by atoms with E-state index in [-0.39, 0.29) is 5.97 Å². The maximum atomic E-state index is 14.2. The minimum Gasteiger partial charge on any atom is -0.519 e. The fourth-order valence-electron chi connectivity index (χ4n) is 3.44. The Labute approximate surface area is 173 Å². The van der Waals surface area contributed by atoms with Crippen LogP contribution in [-0.2, 0) is 28.6 Å². The Hall–Kier alpha value is -0.509. The van der Waals surface area contributed by atoms with Crippen molar-refractivity contribution in [2.45, 2.75) is 76.9 Å². The highest BCUT2D eigenvalue weighted by atomic mass is 31.2. The third kappa shape index (κ3) is 6.24. The molecule has 0 aliphatic heterocycles. The summed E-state index contributed by atoms with van der Waals surface area (Å²) in [6.45, 7) is 18.0. The van der Waals surface area contributed by atoms with Gasteiger partial charge in [0.15, 0.2) is 16.6 Å². The second-order valence-corrected chi connectivity index (χ2v) is 26.5. The summed E-state index contributed by atoms with van der Waals surface area (Å²) in [5.74, 6) is -0.908. The molecular weight excluding hydrogens is 423 g/mol. The molecule has 0 heterocycles. The molecule has 9 heteroatoms. The van der Waals surface area contributed by atoms with E-state index in [2.05, 4.69) is 0 Å². The van der Waals surface area contributed by atoms with E-state index in [0.29, 0.717) is 6.42 Å². The zero-order valence-electron chi connectivity index (χ0n) is 18.7. The van der Waals surface area contributed by atoms with Crippen LogP contribution in [0.1, 0.15) is 17.0 Å². The van der Waals surface area contributed by atoms with E-state index in [1.165, 1.54) is 0 Å². The molecule has 0 N–H and O–H groups in total. The van der Waals surface area contributed by atoms with Crippen molar-refractivity contribution < 1.29 is 22.2 Å². The highest BCUT2D eigenvalue weighted by Crippen LogP contribution is 2.64. The molecule has 2 rings (SSSR count). The lowest BCUT2D eigenvalue weighted by molar-refractivity contribution is -0.136. The van der Waals surface area contributed by atoms with E-state index < -0.39 is 44.1 Å². The minimum absolute atomic E-state index is 0.298. The van der Waals surface area contributed by atoms with Crippen LogP contribution < -0.4 is 0 Å². The fourth-order valence-corrected chi connectivity index (χ4v) is 12.9. The molecule has 1 aromatic rings. The molecule has 158 valence electrons. The second-order valence-electron chi connectivity index (χ2n) is 10.4. The van der Waals surface area contributed by atoms with Crippen molar-refractivity contribution in [3.05, 3.63) is 35.4 Å². The largest absolute Gasteiger partial charge is 0.519 e. The van der Waals surface area contributed by atoms with Gasteiger partial charge in [0.05, 0.1) is 11.6 Å². The van der Waals surface area contributed by atoms with Gasteiger partial charge < -0.3 is 12.9 Å². The Bertz CT molecular complexity index is 757. The highest BCUT2D eigenvalue weighted by Gasteiger charge is 2.53. The zero-order chi connectivity index (χ0) is 21.5. The third-order valence-electron chi connectivity index (χ3n) is 4.07. The zero-order valence-corrected chi connectivity index (χ0v) is 22.6. The van der Waals surface area contributed by atoms with E-state index in [1.807, 2.05) is 83.2 Å². The first-order valence-corrected chi connectivity index (χ1v) is 21.7. The molecule has 1 aromatic carbocycles. The molecule has 1 aliphatic rings. The van der Waals surface area contributed by atoms with E-state index in [4.69, 9.17) is 12.9 Å². The lowest BCUT2D eigenvalue weighted by atomic mass is 10.0. The normalized spacial score (nSPS) is 20.8. The van der Waals surface area contributed by atoms with Crippen molar-refractivity contribution in [2.75, 3.05) is 0 Å². The molecule has 0 saturated heterocycles. The molecule has 0 radical (unpaired) electrons. The lowest BCUT2D eigenvalue weighted by Crippen LogP contribution is -2.38. The molecule has 0 bridgehead atoms. The van der Waals surface area contributed by atoms with Crippen LogP contribution >= 0.6 is 7.60 Å². The number of benzene rings is 1. The van der Waals surface area contributed by atoms with Crippen molar-refractivity contribution in [3.8, 4) is 0 Å². The van der Waals surface area contributed by atoms with Gasteiger partial charge in [0.1, 0.15) is 0 Å². The van der Waals surface area contributed by atoms with Gasteiger partial charge in [-0.25, -0.2) is 0 Å². The lowest BCUT2D eigenvalue weighted by Gasteiger charge is -2.36. The number of rotatable bonds is 7. The average Bonchev–Trinajstić information content (AvgIpc) is 2.81. The Morgan fingerprint density at radius 2 is 1.39 bits per heavy atom. The van der Waals surface area contributed by atoms with Crippen LogP contribution in [0.2, 0.25) is 58.9 Å². The molecule has 0 fully saturated rings. The predicted molar refractivity (Wildman–Crippen MR) is 123 cm³/mol. The van der Waals surface area contributed by atoms with Crippen molar-refractivity contribution in [1.29, 1.82) is 0 Å². The predicted octanol–water partition coefficient (Wildman–Crippen LogP) is 5.97. The van der Waals surface area contributed by atoms with Crippen LogP contribution in [0.5, 0.6) is 0 Å². The summed E-state index contributed by atoms with van der Waals surface area (Å²) in [7, 11) is -9.99. The smallest absolute Gasteiger partial charge is 0.316 e. The number of carbonyl (C=O) groups is 1. The Morgan fingerprint density at radius 3 is 1.86 bits per heavy atom. The van der Waals surface area contributed by atoms with Crippen molar-refractivity contribution in [1.82, 2.24) is 0 Å². The van der Waals surface area contributed by atoms with Gasteiger partial charge in [0, 0.05) is 0 Å². The monoisotopic (exact) mass is 458 g/mol. The van der Waals surface area contributed by atoms with Gasteiger partial charge in [0.25, 0.3) is 0 Å². The molecule has 0 amide bonds. The number of carbonyl (C=O) groups excluding carboxylic acids is 1. The molecule has 5 nitrogen and oxygen atoms in total. The third-order valence-corrected chi connectivity index (χ3v) is 12.6. The number of fused-ring (bicyclic) bond motifs is 1. The van der Waals surface area contributed by atoms with Crippen LogP contribution in [0.4, 0.5) is 0 Å². The van der Waals surface area contributed by atoms with Gasteiger partial charge in [0.2, 0.25) is 8.32 Å². The summed E-state index contributed by atoms with van der Waals surface area (Å²) in [4.78, 5) is 13.2. The van der Waals surface area contributed by atoms with Crippen molar-refractivity contribution in [3.63, 3.8) is 0 Å². The van der Waals surface area contributed by atoms with Crippen LogP contribution in [0.25, 0.3) is 0 Å². The summed E-state index contributed by atoms with van der Waals surface area (Å²) < 4.78 is 32.6. The summed E-state index contributed by atoms with van der Waals surface area (Å²) >= 11 is 0.